The zero-order chi connectivity index (χ0) is 12.5. The van der Waals surface area contributed by atoms with E-state index in [0.29, 0.717) is 0 Å². The lowest BCUT2D eigenvalue weighted by Gasteiger charge is -2.00. The average Bonchev–Trinajstić information content (AvgIpc) is 2.79. The Kier molecular flexibility index (Phi) is 2.54. The Bertz CT molecular complexity index is 754. The summed E-state index contributed by atoms with van der Waals surface area (Å²) in [7, 11) is 0. The van der Waals surface area contributed by atoms with Crippen LogP contribution < -0.4 is 0 Å². The van der Waals surface area contributed by atoms with Crippen LogP contribution in [0.15, 0.2) is 60.0 Å². The van der Waals surface area contributed by atoms with Crippen LogP contribution >= 0.6 is 0 Å². The first kappa shape index (κ1) is 10.9. The molecule has 0 fully saturated rings. The van der Waals surface area contributed by atoms with Gasteiger partial charge in [0.15, 0.2) is 0 Å². The lowest BCUT2D eigenvalue weighted by atomic mass is 10.0. The summed E-state index contributed by atoms with van der Waals surface area (Å²) in [5.41, 5.74) is 11.4. The summed E-state index contributed by atoms with van der Waals surface area (Å²) in [6.07, 6.45) is 4.06. The van der Waals surface area contributed by atoms with Gasteiger partial charge in [-0.2, -0.15) is 0 Å². The smallest absolute Gasteiger partial charge is 0.0406 e. The van der Waals surface area contributed by atoms with Gasteiger partial charge in [0.05, 0.1) is 0 Å². The molecular weight excluding hydrogens is 216 g/mol. The molecule has 2 aromatic rings. The summed E-state index contributed by atoms with van der Waals surface area (Å²) in [4.78, 5) is 0. The highest BCUT2D eigenvalue weighted by Crippen LogP contribution is 2.45. The van der Waals surface area contributed by atoms with Crippen molar-refractivity contribution < 1.29 is 0 Å². The summed E-state index contributed by atoms with van der Waals surface area (Å²) in [5.74, 6) is 0. The standard InChI is InChI=1S/C16H8.C2H6/c1-2-8-13-12(7-1)14-9-3-5-11-6-4-10-15(13)16(11)14;1-2/h1,3-7,9-10H;1-2H3. The molecule has 0 radical (unpaired) electrons. The van der Waals surface area contributed by atoms with Gasteiger partial charge in [-0.25, -0.2) is 0 Å². The molecule has 86 valence electrons. The van der Waals surface area contributed by atoms with Crippen LogP contribution in [-0.2, 0) is 0 Å². The van der Waals surface area contributed by atoms with Crippen LogP contribution in [0.1, 0.15) is 25.0 Å². The molecule has 0 saturated heterocycles. The van der Waals surface area contributed by atoms with Gasteiger partial charge in [-0.15, -0.1) is 0 Å². The van der Waals surface area contributed by atoms with Gasteiger partial charge < -0.3 is 0 Å². The van der Waals surface area contributed by atoms with Gasteiger partial charge >= 0.3 is 0 Å². The minimum Gasteiger partial charge on any atom is -0.0695 e. The molecule has 2 aliphatic carbocycles. The quantitative estimate of drug-likeness (QED) is 0.560. The number of fused-ring (bicyclic) bond motifs is 3. The van der Waals surface area contributed by atoms with Crippen molar-refractivity contribution in [3.05, 3.63) is 71.1 Å². The van der Waals surface area contributed by atoms with Gasteiger partial charge in [0, 0.05) is 5.57 Å². The summed E-state index contributed by atoms with van der Waals surface area (Å²) in [5, 5.41) is 2.66. The number of allylic oxidation sites excluding steroid dienone is 4. The summed E-state index contributed by atoms with van der Waals surface area (Å²) < 4.78 is 0. The zero-order valence-electron chi connectivity index (χ0n) is 10.6. The minimum atomic E-state index is 1.19. The van der Waals surface area contributed by atoms with Crippen molar-refractivity contribution in [2.75, 3.05) is 0 Å². The molecular formula is C18H14. The van der Waals surface area contributed by atoms with Gasteiger partial charge in [0.25, 0.3) is 0 Å². The molecule has 0 atom stereocenters. The molecule has 4 rings (SSSR count). The fourth-order valence-corrected chi connectivity index (χ4v) is 2.60. The van der Waals surface area contributed by atoms with Crippen LogP contribution in [0.25, 0.3) is 21.9 Å². The van der Waals surface area contributed by atoms with Crippen LogP contribution in [0, 0.1) is 0 Å². The molecule has 0 spiro atoms. The van der Waals surface area contributed by atoms with E-state index in [1.165, 1.54) is 33.0 Å². The molecule has 0 N–H and O–H groups in total. The van der Waals surface area contributed by atoms with E-state index < -0.39 is 0 Å². The highest BCUT2D eigenvalue weighted by atomic mass is 14.2. The van der Waals surface area contributed by atoms with Crippen LogP contribution in [0.2, 0.25) is 0 Å². The Morgan fingerprint density at radius 1 is 0.889 bits per heavy atom. The highest BCUT2D eigenvalue weighted by molar-refractivity contribution is 6.22. The van der Waals surface area contributed by atoms with E-state index in [0.717, 1.165) is 0 Å². The van der Waals surface area contributed by atoms with Crippen molar-refractivity contribution in [3.8, 4) is 0 Å². The molecule has 0 nitrogen and oxygen atoms in total. The average molecular weight is 230 g/mol. The number of hydrogen-bond acceptors (Lipinski definition) is 0. The number of hydrogen-bond donors (Lipinski definition) is 0. The van der Waals surface area contributed by atoms with Crippen LogP contribution in [0.3, 0.4) is 0 Å². The normalized spacial score (nSPS) is 13.7. The Hall–Kier alpha value is -2.26. The van der Waals surface area contributed by atoms with Gasteiger partial charge in [0.2, 0.25) is 0 Å². The summed E-state index contributed by atoms with van der Waals surface area (Å²) in [6.45, 7) is 4.00. The summed E-state index contributed by atoms with van der Waals surface area (Å²) in [6, 6.07) is 12.9. The SMILES string of the molecule is C1=C=C2C(=CC=1)c1cccc3cccc2c13.CC. The first-order chi connectivity index (χ1) is 8.95. The Labute approximate surface area is 107 Å². The Morgan fingerprint density at radius 2 is 1.61 bits per heavy atom. The number of benzene rings is 2. The predicted octanol–water partition coefficient (Wildman–Crippen LogP) is 4.97. The first-order valence-corrected chi connectivity index (χ1v) is 6.40. The van der Waals surface area contributed by atoms with Crippen molar-refractivity contribution in [1.29, 1.82) is 0 Å². The van der Waals surface area contributed by atoms with E-state index in [1.807, 2.05) is 19.9 Å². The van der Waals surface area contributed by atoms with Crippen molar-refractivity contribution in [2.24, 2.45) is 0 Å². The maximum absolute atomic E-state index is 3.23. The lowest BCUT2D eigenvalue weighted by molar-refractivity contribution is 1.50. The van der Waals surface area contributed by atoms with Gasteiger partial charge in [-0.05, 0) is 39.6 Å². The third-order valence-corrected chi connectivity index (χ3v) is 3.26. The Balaban J connectivity index is 0.000000478. The molecule has 0 saturated carbocycles. The fraction of sp³-hybridized carbons (Fsp3) is 0.111. The third kappa shape index (κ3) is 1.34. The van der Waals surface area contributed by atoms with Crippen molar-refractivity contribution >= 4 is 21.9 Å². The topological polar surface area (TPSA) is 0 Å². The molecule has 18 heavy (non-hydrogen) atoms. The second kappa shape index (κ2) is 4.20. The largest absolute Gasteiger partial charge is 0.0695 e. The molecule has 0 aromatic heterocycles. The predicted molar refractivity (Wildman–Crippen MR) is 78.3 cm³/mol. The molecule has 0 heteroatoms. The lowest BCUT2D eigenvalue weighted by Crippen LogP contribution is -1.79. The second-order valence-electron chi connectivity index (χ2n) is 4.10. The minimum absolute atomic E-state index is 1.19. The second-order valence-corrected chi connectivity index (χ2v) is 4.10. The van der Waals surface area contributed by atoms with E-state index in [2.05, 4.69) is 53.9 Å². The third-order valence-electron chi connectivity index (χ3n) is 3.26. The molecule has 0 amide bonds. The van der Waals surface area contributed by atoms with E-state index >= 15 is 0 Å². The molecule has 2 aromatic carbocycles. The Morgan fingerprint density at radius 3 is 2.39 bits per heavy atom. The fourth-order valence-electron chi connectivity index (χ4n) is 2.60. The van der Waals surface area contributed by atoms with Gasteiger partial charge in [-0.1, -0.05) is 61.7 Å². The van der Waals surface area contributed by atoms with Crippen molar-refractivity contribution in [1.82, 2.24) is 0 Å². The highest BCUT2D eigenvalue weighted by Gasteiger charge is 2.23. The van der Waals surface area contributed by atoms with Gasteiger partial charge in [0.1, 0.15) is 0 Å². The molecule has 0 bridgehead atoms. The van der Waals surface area contributed by atoms with E-state index in [1.54, 1.807) is 0 Å². The maximum atomic E-state index is 3.23. The van der Waals surface area contributed by atoms with E-state index in [9.17, 15) is 0 Å². The first-order valence-electron chi connectivity index (χ1n) is 6.40. The number of rotatable bonds is 0. The van der Waals surface area contributed by atoms with Crippen LogP contribution in [0.5, 0.6) is 0 Å². The molecule has 2 aliphatic rings. The van der Waals surface area contributed by atoms with Gasteiger partial charge in [-0.3, -0.25) is 0 Å². The molecule has 0 aliphatic heterocycles. The van der Waals surface area contributed by atoms with Crippen LogP contribution in [0.4, 0.5) is 0 Å². The molecule has 0 unspecified atom stereocenters. The van der Waals surface area contributed by atoms with Crippen molar-refractivity contribution in [2.45, 2.75) is 13.8 Å². The zero-order valence-corrected chi connectivity index (χ0v) is 10.6. The molecule has 0 heterocycles. The van der Waals surface area contributed by atoms with Crippen LogP contribution in [-0.4, -0.2) is 0 Å². The van der Waals surface area contributed by atoms with Crippen molar-refractivity contribution in [3.63, 3.8) is 0 Å². The van der Waals surface area contributed by atoms with E-state index in [4.69, 9.17) is 0 Å². The van der Waals surface area contributed by atoms with E-state index in [-0.39, 0.29) is 0 Å². The monoisotopic (exact) mass is 230 g/mol. The maximum Gasteiger partial charge on any atom is 0.0406 e. The summed E-state index contributed by atoms with van der Waals surface area (Å²) >= 11 is 0.